The van der Waals surface area contributed by atoms with Gasteiger partial charge in [0.2, 0.25) is 0 Å². The molecule has 1 aliphatic rings. The van der Waals surface area contributed by atoms with E-state index in [1.807, 2.05) is 20.8 Å². The van der Waals surface area contributed by atoms with Gasteiger partial charge in [0.1, 0.15) is 5.60 Å². The zero-order valence-corrected chi connectivity index (χ0v) is 12.7. The van der Waals surface area contributed by atoms with Crippen molar-refractivity contribution in [2.24, 2.45) is 0 Å². The summed E-state index contributed by atoms with van der Waals surface area (Å²) in [6, 6.07) is 0.379. The molecule has 1 saturated carbocycles. The van der Waals surface area contributed by atoms with Crippen molar-refractivity contribution in [3.8, 4) is 25.7 Å². The summed E-state index contributed by atoms with van der Waals surface area (Å²) in [5.74, 6) is 0. The van der Waals surface area contributed by atoms with E-state index in [1.165, 1.54) is 0 Å². The van der Waals surface area contributed by atoms with Gasteiger partial charge in [-0.1, -0.05) is 0 Å². The topological polar surface area (TPSA) is 64.6 Å². The number of hydrogen-bond donors (Lipinski definition) is 1. The predicted molar refractivity (Wildman–Crippen MR) is 79.9 cm³/mol. The van der Waals surface area contributed by atoms with Gasteiger partial charge in [-0.05, 0) is 40.5 Å². The molecule has 0 saturated heterocycles. The Balaban J connectivity index is -0.000000272. The number of ether oxygens (including phenoxy) is 2. The van der Waals surface area contributed by atoms with Gasteiger partial charge < -0.3 is 14.8 Å². The van der Waals surface area contributed by atoms with E-state index < -0.39 is 0 Å². The van der Waals surface area contributed by atoms with E-state index in [2.05, 4.69) is 35.7 Å². The fourth-order valence-corrected chi connectivity index (χ4v) is 0.770. The summed E-state index contributed by atoms with van der Waals surface area (Å²) in [6.07, 6.45) is 17.9. The lowest BCUT2D eigenvalue weighted by Crippen LogP contribution is -2.33. The van der Waals surface area contributed by atoms with E-state index in [1.54, 1.807) is 6.92 Å². The zero-order chi connectivity index (χ0) is 16.6. The van der Waals surface area contributed by atoms with Gasteiger partial charge in [-0.2, -0.15) is 0 Å². The summed E-state index contributed by atoms with van der Waals surface area (Å²) in [7, 11) is 0. The van der Waals surface area contributed by atoms with Gasteiger partial charge in [-0.15, -0.1) is 25.7 Å². The van der Waals surface area contributed by atoms with Crippen LogP contribution in [0.3, 0.4) is 0 Å². The van der Waals surface area contributed by atoms with Crippen LogP contribution in [0.15, 0.2) is 0 Å². The maximum absolute atomic E-state index is 11.0. The smallest absolute Gasteiger partial charge is 0.407 e. The number of amides is 1. The standard InChI is InChI=1S/C8H15NO2.C3H6O2.2C2H2/c1-8(2,3)11-7(10)9-6-4-5-6;1-2-5-3-4;2*1-2/h6H,4-5H2,1-3H3,(H,9,10);3H,2H2,1H3;2*1-2H. The Morgan fingerprint density at radius 2 is 1.70 bits per heavy atom. The molecule has 0 spiro atoms. The second-order valence-electron chi connectivity index (χ2n) is 4.47. The van der Waals surface area contributed by atoms with Gasteiger partial charge in [0.25, 0.3) is 6.47 Å². The first-order chi connectivity index (χ1) is 9.39. The van der Waals surface area contributed by atoms with Crippen molar-refractivity contribution in [2.45, 2.75) is 52.2 Å². The number of hydrogen-bond acceptors (Lipinski definition) is 4. The molecule has 1 N–H and O–H groups in total. The normalized spacial score (nSPS) is 11.6. The Morgan fingerprint density at radius 3 is 1.90 bits per heavy atom. The molecular formula is C15H25NO4. The van der Waals surface area contributed by atoms with Gasteiger partial charge in [-0.3, -0.25) is 4.79 Å². The number of carbonyl (C=O) groups excluding carboxylic acids is 2. The Labute approximate surface area is 122 Å². The summed E-state index contributed by atoms with van der Waals surface area (Å²) in [5, 5.41) is 2.75. The number of nitrogens with one attached hydrogen (secondary N) is 1. The average Bonchev–Trinajstić information content (AvgIpc) is 3.17. The quantitative estimate of drug-likeness (QED) is 0.638. The summed E-state index contributed by atoms with van der Waals surface area (Å²) >= 11 is 0. The van der Waals surface area contributed by atoms with Crippen molar-refractivity contribution in [1.29, 1.82) is 0 Å². The van der Waals surface area contributed by atoms with Gasteiger partial charge in [0, 0.05) is 6.04 Å². The summed E-state index contributed by atoms with van der Waals surface area (Å²) in [5.41, 5.74) is -0.376. The Kier molecular flexibility index (Phi) is 17.2. The number of rotatable bonds is 3. The lowest BCUT2D eigenvalue weighted by Gasteiger charge is -2.19. The first kappa shape index (κ1) is 23.0. The van der Waals surface area contributed by atoms with Crippen LogP contribution in [0.4, 0.5) is 4.79 Å². The maximum Gasteiger partial charge on any atom is 0.407 e. The first-order valence-corrected chi connectivity index (χ1v) is 6.10. The molecule has 0 radical (unpaired) electrons. The van der Waals surface area contributed by atoms with E-state index in [0.29, 0.717) is 19.1 Å². The van der Waals surface area contributed by atoms with E-state index in [-0.39, 0.29) is 11.7 Å². The Hall–Kier alpha value is -2.14. The summed E-state index contributed by atoms with van der Waals surface area (Å²) < 4.78 is 9.19. The molecule has 0 heterocycles. The molecule has 1 amide bonds. The first-order valence-electron chi connectivity index (χ1n) is 6.10. The van der Waals surface area contributed by atoms with Crippen LogP contribution in [0.5, 0.6) is 0 Å². The molecule has 0 aromatic carbocycles. The average molecular weight is 283 g/mol. The molecule has 0 atom stereocenters. The fraction of sp³-hybridized carbons (Fsp3) is 0.600. The van der Waals surface area contributed by atoms with Crippen LogP contribution in [0, 0.1) is 25.7 Å². The number of alkyl carbamates (subject to hydrolysis) is 1. The van der Waals surface area contributed by atoms with Crippen molar-refractivity contribution in [3.05, 3.63) is 0 Å². The molecule has 1 rings (SSSR count). The van der Waals surface area contributed by atoms with E-state index in [0.717, 1.165) is 12.8 Å². The van der Waals surface area contributed by atoms with Crippen LogP contribution in [0.2, 0.25) is 0 Å². The molecule has 20 heavy (non-hydrogen) atoms. The molecule has 1 fully saturated rings. The minimum atomic E-state index is -0.376. The van der Waals surface area contributed by atoms with E-state index in [4.69, 9.17) is 4.74 Å². The molecular weight excluding hydrogens is 258 g/mol. The molecule has 0 aromatic rings. The summed E-state index contributed by atoms with van der Waals surface area (Å²) in [4.78, 5) is 20.2. The maximum atomic E-state index is 11.0. The summed E-state index contributed by atoms with van der Waals surface area (Å²) in [6.45, 7) is 8.25. The third-order valence-electron chi connectivity index (χ3n) is 1.53. The van der Waals surface area contributed by atoms with Crippen LogP contribution < -0.4 is 5.32 Å². The van der Waals surface area contributed by atoms with Gasteiger partial charge in [0.15, 0.2) is 0 Å². The SMILES string of the molecule is C#C.C#C.CC(C)(C)OC(=O)NC1CC1.CCOC=O. The Bertz CT molecular complexity index is 279. The lowest BCUT2D eigenvalue weighted by molar-refractivity contribution is -0.128. The highest BCUT2D eigenvalue weighted by Gasteiger charge is 2.25. The second kappa shape index (κ2) is 14.9. The monoisotopic (exact) mass is 283 g/mol. The second-order valence-corrected chi connectivity index (χ2v) is 4.47. The number of terminal acetylenes is 2. The van der Waals surface area contributed by atoms with Crippen molar-refractivity contribution < 1.29 is 19.1 Å². The van der Waals surface area contributed by atoms with Gasteiger partial charge in [-0.25, -0.2) is 4.79 Å². The molecule has 5 nitrogen and oxygen atoms in total. The molecule has 0 aliphatic heterocycles. The Morgan fingerprint density at radius 1 is 1.25 bits per heavy atom. The molecule has 5 heteroatoms. The third kappa shape index (κ3) is 24.9. The molecule has 0 unspecified atom stereocenters. The van der Waals surface area contributed by atoms with Gasteiger partial charge >= 0.3 is 6.09 Å². The minimum absolute atomic E-state index is 0.292. The highest BCUT2D eigenvalue weighted by Crippen LogP contribution is 2.19. The van der Waals surface area contributed by atoms with Crippen LogP contribution in [0.1, 0.15) is 40.5 Å². The zero-order valence-electron chi connectivity index (χ0n) is 12.7. The van der Waals surface area contributed by atoms with Crippen molar-refractivity contribution in [3.63, 3.8) is 0 Å². The lowest BCUT2D eigenvalue weighted by atomic mass is 10.2. The van der Waals surface area contributed by atoms with Crippen LogP contribution in [0.25, 0.3) is 0 Å². The molecule has 114 valence electrons. The van der Waals surface area contributed by atoms with Crippen molar-refractivity contribution in [2.75, 3.05) is 6.61 Å². The molecule has 0 aromatic heterocycles. The molecule has 0 bridgehead atoms. The highest BCUT2D eigenvalue weighted by atomic mass is 16.6. The highest BCUT2D eigenvalue weighted by molar-refractivity contribution is 5.68. The van der Waals surface area contributed by atoms with Crippen LogP contribution >= 0.6 is 0 Å². The van der Waals surface area contributed by atoms with Crippen molar-refractivity contribution in [1.82, 2.24) is 5.32 Å². The van der Waals surface area contributed by atoms with Crippen LogP contribution in [-0.2, 0) is 14.3 Å². The van der Waals surface area contributed by atoms with E-state index >= 15 is 0 Å². The van der Waals surface area contributed by atoms with E-state index in [9.17, 15) is 9.59 Å². The fourth-order valence-electron chi connectivity index (χ4n) is 0.770. The minimum Gasteiger partial charge on any atom is -0.468 e. The van der Waals surface area contributed by atoms with Crippen LogP contribution in [-0.4, -0.2) is 30.8 Å². The number of carbonyl (C=O) groups is 2. The largest absolute Gasteiger partial charge is 0.468 e. The van der Waals surface area contributed by atoms with Gasteiger partial charge in [0.05, 0.1) is 6.61 Å². The van der Waals surface area contributed by atoms with Crippen molar-refractivity contribution >= 4 is 12.6 Å². The predicted octanol–water partition coefficient (Wildman–Crippen LogP) is 2.35. The molecule has 1 aliphatic carbocycles. The third-order valence-corrected chi connectivity index (χ3v) is 1.53.